The number of aromatic amines is 1. The number of aliphatic hydroxyl groups is 1. The zero-order valence-electron chi connectivity index (χ0n) is 13.9. The smallest absolute Gasteiger partial charge is 0.255 e. The Morgan fingerprint density at radius 1 is 1.39 bits per heavy atom. The van der Waals surface area contributed by atoms with Gasteiger partial charge in [0.2, 0.25) is 0 Å². The summed E-state index contributed by atoms with van der Waals surface area (Å²) < 4.78 is 5.61. The molecule has 124 valence electrons. The molecule has 0 bridgehead atoms. The van der Waals surface area contributed by atoms with Crippen molar-refractivity contribution in [1.29, 1.82) is 0 Å². The number of hydrogen-bond acceptors (Lipinski definition) is 4. The second-order valence-corrected chi connectivity index (χ2v) is 5.77. The Morgan fingerprint density at radius 3 is 2.74 bits per heavy atom. The lowest BCUT2D eigenvalue weighted by Crippen LogP contribution is -2.29. The first-order valence-corrected chi connectivity index (χ1v) is 7.63. The molecule has 0 saturated heterocycles. The Morgan fingerprint density at radius 2 is 2.13 bits per heavy atom. The first-order valence-electron chi connectivity index (χ1n) is 7.63. The van der Waals surface area contributed by atoms with E-state index in [4.69, 9.17) is 4.74 Å². The van der Waals surface area contributed by atoms with Crippen LogP contribution in [0.2, 0.25) is 0 Å². The Labute approximate surface area is 135 Å². The molecule has 1 aromatic carbocycles. The van der Waals surface area contributed by atoms with Crippen LogP contribution >= 0.6 is 0 Å². The van der Waals surface area contributed by atoms with E-state index in [0.717, 1.165) is 0 Å². The van der Waals surface area contributed by atoms with Gasteiger partial charge in [-0.25, -0.2) is 0 Å². The molecule has 3 N–H and O–H groups in total. The molecule has 6 nitrogen and oxygen atoms in total. The van der Waals surface area contributed by atoms with Gasteiger partial charge in [0.25, 0.3) is 5.91 Å². The van der Waals surface area contributed by atoms with Crippen molar-refractivity contribution in [1.82, 2.24) is 15.5 Å². The van der Waals surface area contributed by atoms with E-state index in [1.54, 1.807) is 26.0 Å². The Hall–Kier alpha value is -2.34. The van der Waals surface area contributed by atoms with Crippen LogP contribution in [-0.2, 0) is 0 Å². The van der Waals surface area contributed by atoms with Gasteiger partial charge >= 0.3 is 0 Å². The van der Waals surface area contributed by atoms with E-state index >= 15 is 0 Å². The predicted molar refractivity (Wildman–Crippen MR) is 87.6 cm³/mol. The highest BCUT2D eigenvalue weighted by Crippen LogP contribution is 2.20. The summed E-state index contributed by atoms with van der Waals surface area (Å²) in [7, 11) is 0. The quantitative estimate of drug-likeness (QED) is 0.763. The number of amides is 1. The van der Waals surface area contributed by atoms with Crippen LogP contribution in [0.1, 0.15) is 47.3 Å². The van der Waals surface area contributed by atoms with E-state index in [0.29, 0.717) is 28.3 Å². The number of hydrogen-bond donors (Lipinski definition) is 3. The number of H-pyrrole nitrogens is 1. The highest BCUT2D eigenvalue weighted by Gasteiger charge is 2.17. The van der Waals surface area contributed by atoms with Crippen molar-refractivity contribution in [3.05, 3.63) is 46.8 Å². The van der Waals surface area contributed by atoms with Gasteiger partial charge in [0.1, 0.15) is 5.75 Å². The molecule has 0 saturated carbocycles. The molecule has 1 amide bonds. The molecule has 6 heteroatoms. The SMILES string of the molecule is Cc1n[nH]c(C)c1C(=O)NCC(O)c1cccc(OC(C)C)c1. The van der Waals surface area contributed by atoms with Crippen LogP contribution in [0.15, 0.2) is 24.3 Å². The molecule has 0 aliphatic rings. The van der Waals surface area contributed by atoms with Gasteiger partial charge in [-0.2, -0.15) is 5.10 Å². The van der Waals surface area contributed by atoms with Gasteiger partial charge in [0, 0.05) is 12.2 Å². The highest BCUT2D eigenvalue weighted by atomic mass is 16.5. The molecule has 1 unspecified atom stereocenters. The van der Waals surface area contributed by atoms with Crippen LogP contribution in [-0.4, -0.2) is 33.9 Å². The number of aryl methyl sites for hydroxylation is 2. The fourth-order valence-corrected chi connectivity index (χ4v) is 2.35. The number of aliphatic hydroxyl groups excluding tert-OH is 1. The summed E-state index contributed by atoms with van der Waals surface area (Å²) in [5.74, 6) is 0.451. The first-order chi connectivity index (χ1) is 10.9. The molecule has 1 aromatic heterocycles. The third-order valence-corrected chi connectivity index (χ3v) is 3.43. The molecule has 0 aliphatic carbocycles. The molecule has 1 heterocycles. The average Bonchev–Trinajstić information content (AvgIpc) is 2.83. The molecule has 1 atom stereocenters. The molecular formula is C17H23N3O3. The number of rotatable bonds is 6. The van der Waals surface area contributed by atoms with Crippen molar-refractivity contribution in [3.63, 3.8) is 0 Å². The molecule has 0 fully saturated rings. The molecule has 0 aliphatic heterocycles. The minimum absolute atomic E-state index is 0.0640. The number of ether oxygens (including phenoxy) is 1. The third-order valence-electron chi connectivity index (χ3n) is 3.43. The maximum Gasteiger partial charge on any atom is 0.255 e. The lowest BCUT2D eigenvalue weighted by atomic mass is 10.1. The highest BCUT2D eigenvalue weighted by molar-refractivity contribution is 5.96. The van der Waals surface area contributed by atoms with Crippen LogP contribution in [0.25, 0.3) is 0 Å². The van der Waals surface area contributed by atoms with E-state index in [9.17, 15) is 9.90 Å². The van der Waals surface area contributed by atoms with E-state index in [1.807, 2.05) is 26.0 Å². The Kier molecular flexibility index (Phi) is 5.39. The Balaban J connectivity index is 1.99. The van der Waals surface area contributed by atoms with Crippen LogP contribution in [0.5, 0.6) is 5.75 Å². The monoisotopic (exact) mass is 317 g/mol. The first kappa shape index (κ1) is 17.0. The van der Waals surface area contributed by atoms with Crippen molar-refractivity contribution in [2.45, 2.75) is 39.9 Å². The lowest BCUT2D eigenvalue weighted by Gasteiger charge is -2.15. The van der Waals surface area contributed by atoms with Gasteiger partial charge in [0.15, 0.2) is 0 Å². The van der Waals surface area contributed by atoms with Crippen molar-refractivity contribution < 1.29 is 14.6 Å². The summed E-state index contributed by atoms with van der Waals surface area (Å²) in [6, 6.07) is 7.25. The maximum absolute atomic E-state index is 12.2. The zero-order valence-corrected chi connectivity index (χ0v) is 13.9. The summed E-state index contributed by atoms with van der Waals surface area (Å²) in [6.45, 7) is 7.56. The fourth-order valence-electron chi connectivity index (χ4n) is 2.35. The molecule has 23 heavy (non-hydrogen) atoms. The number of aromatic nitrogens is 2. The second kappa shape index (κ2) is 7.28. The van der Waals surface area contributed by atoms with Crippen molar-refractivity contribution in [2.24, 2.45) is 0 Å². The van der Waals surface area contributed by atoms with E-state index in [-0.39, 0.29) is 18.6 Å². The number of nitrogens with one attached hydrogen (secondary N) is 2. The van der Waals surface area contributed by atoms with Gasteiger partial charge in [-0.1, -0.05) is 12.1 Å². The molecular weight excluding hydrogens is 294 g/mol. The second-order valence-electron chi connectivity index (χ2n) is 5.77. The standard InChI is InChI=1S/C17H23N3O3/c1-10(2)23-14-7-5-6-13(8-14)15(21)9-18-17(22)16-11(3)19-20-12(16)4/h5-8,10,15,21H,9H2,1-4H3,(H,18,22)(H,19,20). The minimum Gasteiger partial charge on any atom is -0.491 e. The third kappa shape index (κ3) is 4.32. The Bertz CT molecular complexity index is 660. The molecule has 2 aromatic rings. The summed E-state index contributed by atoms with van der Waals surface area (Å²) in [4.78, 5) is 12.2. The molecule has 2 rings (SSSR count). The summed E-state index contributed by atoms with van der Waals surface area (Å²) >= 11 is 0. The summed E-state index contributed by atoms with van der Waals surface area (Å²) in [5, 5.41) is 19.8. The largest absolute Gasteiger partial charge is 0.491 e. The van der Waals surface area contributed by atoms with E-state index in [1.165, 1.54) is 0 Å². The predicted octanol–water partition coefficient (Wildman–Crippen LogP) is 2.28. The number of carbonyl (C=O) groups excluding carboxylic acids is 1. The number of nitrogens with zero attached hydrogens (tertiary/aromatic N) is 1. The van der Waals surface area contributed by atoms with Crippen LogP contribution in [0.4, 0.5) is 0 Å². The van der Waals surface area contributed by atoms with E-state index < -0.39 is 6.10 Å². The summed E-state index contributed by atoms with van der Waals surface area (Å²) in [5.41, 5.74) is 2.57. The fraction of sp³-hybridized carbons (Fsp3) is 0.412. The van der Waals surface area contributed by atoms with Crippen molar-refractivity contribution in [3.8, 4) is 5.75 Å². The number of benzene rings is 1. The van der Waals surface area contributed by atoms with Crippen molar-refractivity contribution >= 4 is 5.91 Å². The van der Waals surface area contributed by atoms with Crippen LogP contribution < -0.4 is 10.1 Å². The molecule has 0 spiro atoms. The zero-order chi connectivity index (χ0) is 17.0. The normalized spacial score (nSPS) is 12.3. The maximum atomic E-state index is 12.2. The average molecular weight is 317 g/mol. The number of carbonyl (C=O) groups is 1. The van der Waals surface area contributed by atoms with Crippen LogP contribution in [0, 0.1) is 13.8 Å². The van der Waals surface area contributed by atoms with Gasteiger partial charge in [-0.05, 0) is 45.4 Å². The van der Waals surface area contributed by atoms with Crippen LogP contribution in [0.3, 0.4) is 0 Å². The van der Waals surface area contributed by atoms with Crippen molar-refractivity contribution in [2.75, 3.05) is 6.54 Å². The van der Waals surface area contributed by atoms with Gasteiger partial charge < -0.3 is 15.2 Å². The van der Waals surface area contributed by atoms with Gasteiger partial charge in [0.05, 0.1) is 23.5 Å². The lowest BCUT2D eigenvalue weighted by molar-refractivity contribution is 0.0915. The van der Waals surface area contributed by atoms with E-state index in [2.05, 4.69) is 15.5 Å². The summed E-state index contributed by atoms with van der Waals surface area (Å²) in [6.07, 6.45) is -0.740. The minimum atomic E-state index is -0.804. The van der Waals surface area contributed by atoms with Gasteiger partial charge in [-0.3, -0.25) is 9.89 Å². The molecule has 0 radical (unpaired) electrons. The topological polar surface area (TPSA) is 87.2 Å². The van der Waals surface area contributed by atoms with Gasteiger partial charge in [-0.15, -0.1) is 0 Å².